The van der Waals surface area contributed by atoms with Crippen LogP contribution in [0, 0.1) is 19.8 Å². The highest BCUT2D eigenvalue weighted by atomic mass is 79.9. The molecular formula is C17H26BrN. The van der Waals surface area contributed by atoms with Crippen LogP contribution in [0.15, 0.2) is 16.6 Å². The van der Waals surface area contributed by atoms with Crippen molar-refractivity contribution in [1.82, 2.24) is 0 Å². The molecule has 1 fully saturated rings. The molecule has 106 valence electrons. The number of hydrogen-bond acceptors (Lipinski definition) is 1. The Balaban J connectivity index is 1.96. The lowest BCUT2D eigenvalue weighted by molar-refractivity contribution is 0.319. The van der Waals surface area contributed by atoms with Crippen LogP contribution in [0.3, 0.4) is 0 Å². The van der Waals surface area contributed by atoms with E-state index in [1.54, 1.807) is 0 Å². The van der Waals surface area contributed by atoms with Gasteiger partial charge in [-0.25, -0.2) is 0 Å². The molecule has 0 amide bonds. The fourth-order valence-corrected chi connectivity index (χ4v) is 4.09. The minimum absolute atomic E-state index is 0.658. The van der Waals surface area contributed by atoms with Gasteiger partial charge in [-0.3, -0.25) is 0 Å². The topological polar surface area (TPSA) is 12.0 Å². The molecule has 0 radical (unpaired) electrons. The smallest absolute Gasteiger partial charge is 0.0516 e. The highest BCUT2D eigenvalue weighted by Gasteiger charge is 2.21. The molecule has 1 aromatic carbocycles. The Hall–Kier alpha value is -0.500. The van der Waals surface area contributed by atoms with Crippen LogP contribution in [0.5, 0.6) is 0 Å². The number of rotatable bonds is 4. The molecule has 0 bridgehead atoms. The summed E-state index contributed by atoms with van der Waals surface area (Å²) in [6.45, 7) is 6.65. The van der Waals surface area contributed by atoms with Crippen molar-refractivity contribution >= 4 is 21.6 Å². The molecule has 0 unspecified atom stereocenters. The van der Waals surface area contributed by atoms with E-state index >= 15 is 0 Å². The number of aryl methyl sites for hydroxylation is 2. The van der Waals surface area contributed by atoms with Crippen LogP contribution in [0.25, 0.3) is 0 Å². The second-order valence-corrected chi connectivity index (χ2v) is 6.94. The summed E-state index contributed by atoms with van der Waals surface area (Å²) in [5.74, 6) is 0.977. The predicted molar refractivity (Wildman–Crippen MR) is 87.9 cm³/mol. The van der Waals surface area contributed by atoms with E-state index in [1.807, 2.05) is 0 Å². The monoisotopic (exact) mass is 323 g/mol. The Kier molecular flexibility index (Phi) is 5.32. The van der Waals surface area contributed by atoms with E-state index in [9.17, 15) is 0 Å². The first-order valence-electron chi connectivity index (χ1n) is 7.63. The third-order valence-corrected chi connectivity index (χ3v) is 4.95. The molecule has 0 spiro atoms. The molecule has 0 aliphatic heterocycles. The summed E-state index contributed by atoms with van der Waals surface area (Å²) in [5, 5.41) is 3.76. The van der Waals surface area contributed by atoms with Crippen molar-refractivity contribution in [3.63, 3.8) is 0 Å². The van der Waals surface area contributed by atoms with Gasteiger partial charge in [0.1, 0.15) is 0 Å². The zero-order chi connectivity index (χ0) is 13.8. The van der Waals surface area contributed by atoms with Crippen molar-refractivity contribution in [2.45, 2.75) is 65.3 Å². The Bertz CT molecular complexity index is 396. The van der Waals surface area contributed by atoms with Crippen molar-refractivity contribution in [3.05, 3.63) is 27.7 Å². The molecule has 1 aliphatic rings. The lowest BCUT2D eigenvalue weighted by atomic mass is 9.83. The molecule has 1 aliphatic carbocycles. The van der Waals surface area contributed by atoms with E-state index in [-0.39, 0.29) is 0 Å². The van der Waals surface area contributed by atoms with Crippen LogP contribution in [-0.2, 0) is 0 Å². The van der Waals surface area contributed by atoms with Crippen LogP contribution in [0.4, 0.5) is 5.69 Å². The van der Waals surface area contributed by atoms with Gasteiger partial charge in [0.25, 0.3) is 0 Å². The second kappa shape index (κ2) is 6.78. The summed E-state index contributed by atoms with van der Waals surface area (Å²) >= 11 is 3.70. The van der Waals surface area contributed by atoms with Gasteiger partial charge in [-0.15, -0.1) is 0 Å². The number of nitrogens with one attached hydrogen (secondary N) is 1. The molecule has 0 aromatic heterocycles. The summed E-state index contributed by atoms with van der Waals surface area (Å²) < 4.78 is 1.21. The van der Waals surface area contributed by atoms with Gasteiger partial charge in [0, 0.05) is 10.5 Å². The van der Waals surface area contributed by atoms with Gasteiger partial charge < -0.3 is 5.32 Å². The quantitative estimate of drug-likeness (QED) is 0.734. The maximum Gasteiger partial charge on any atom is 0.0516 e. The van der Waals surface area contributed by atoms with Crippen molar-refractivity contribution in [3.8, 4) is 0 Å². The van der Waals surface area contributed by atoms with E-state index in [4.69, 9.17) is 0 Å². The van der Waals surface area contributed by atoms with E-state index in [0.29, 0.717) is 6.04 Å². The normalized spacial score (nSPS) is 23.4. The van der Waals surface area contributed by atoms with Gasteiger partial charge in [-0.05, 0) is 78.6 Å². The number of anilines is 1. The van der Waals surface area contributed by atoms with E-state index in [0.717, 1.165) is 5.92 Å². The first-order valence-corrected chi connectivity index (χ1v) is 8.42. The average Bonchev–Trinajstić information content (AvgIpc) is 2.36. The van der Waals surface area contributed by atoms with Gasteiger partial charge >= 0.3 is 0 Å². The summed E-state index contributed by atoms with van der Waals surface area (Å²) in [4.78, 5) is 0. The van der Waals surface area contributed by atoms with Crippen molar-refractivity contribution in [2.75, 3.05) is 5.32 Å². The molecule has 0 heterocycles. The van der Waals surface area contributed by atoms with E-state index in [2.05, 4.69) is 54.2 Å². The summed E-state index contributed by atoms with van der Waals surface area (Å²) in [5.41, 5.74) is 3.97. The van der Waals surface area contributed by atoms with Gasteiger partial charge in [-0.2, -0.15) is 0 Å². The Morgan fingerprint density at radius 1 is 1.16 bits per heavy atom. The first-order chi connectivity index (χ1) is 9.10. The third kappa shape index (κ3) is 3.98. The molecule has 0 saturated heterocycles. The fourth-order valence-electron chi connectivity index (χ4n) is 3.31. The Morgan fingerprint density at radius 2 is 1.84 bits per heavy atom. The molecule has 1 N–H and O–H groups in total. The summed E-state index contributed by atoms with van der Waals surface area (Å²) in [7, 11) is 0. The maximum atomic E-state index is 3.76. The minimum Gasteiger partial charge on any atom is -0.381 e. The van der Waals surface area contributed by atoms with Crippen LogP contribution in [-0.4, -0.2) is 6.04 Å². The summed E-state index contributed by atoms with van der Waals surface area (Å²) in [6, 6.07) is 5.12. The second-order valence-electron chi connectivity index (χ2n) is 6.09. The molecule has 2 rings (SSSR count). The molecular weight excluding hydrogens is 298 g/mol. The molecule has 19 heavy (non-hydrogen) atoms. The van der Waals surface area contributed by atoms with Gasteiger partial charge in [0.15, 0.2) is 0 Å². The molecule has 1 aromatic rings. The van der Waals surface area contributed by atoms with Gasteiger partial charge in [-0.1, -0.05) is 25.8 Å². The SMILES string of the molecule is CCCC1CCC(Nc2c(C)cc(C)cc2Br)CC1. The largest absolute Gasteiger partial charge is 0.381 e. The third-order valence-electron chi connectivity index (χ3n) is 4.32. The van der Waals surface area contributed by atoms with E-state index < -0.39 is 0 Å². The first kappa shape index (κ1) is 14.9. The Morgan fingerprint density at radius 3 is 2.42 bits per heavy atom. The standard InChI is InChI=1S/C17H26BrN/c1-4-5-14-6-8-15(9-7-14)19-17-13(3)10-12(2)11-16(17)18/h10-11,14-15,19H,4-9H2,1-3H3. The van der Waals surface area contributed by atoms with Crippen LogP contribution in [0.1, 0.15) is 56.6 Å². The highest BCUT2D eigenvalue weighted by molar-refractivity contribution is 9.10. The molecule has 2 heteroatoms. The van der Waals surface area contributed by atoms with Gasteiger partial charge in [0.05, 0.1) is 5.69 Å². The number of hydrogen-bond donors (Lipinski definition) is 1. The minimum atomic E-state index is 0.658. The maximum absolute atomic E-state index is 3.76. The highest BCUT2D eigenvalue weighted by Crippen LogP contribution is 2.33. The summed E-state index contributed by atoms with van der Waals surface area (Å²) in [6.07, 6.45) is 8.20. The molecule has 1 saturated carbocycles. The molecule has 0 atom stereocenters. The zero-order valence-corrected chi connectivity index (χ0v) is 14.0. The lowest BCUT2D eigenvalue weighted by Crippen LogP contribution is -2.26. The van der Waals surface area contributed by atoms with Gasteiger partial charge in [0.2, 0.25) is 0 Å². The average molecular weight is 324 g/mol. The van der Waals surface area contributed by atoms with Crippen molar-refractivity contribution < 1.29 is 0 Å². The number of benzene rings is 1. The van der Waals surface area contributed by atoms with Crippen LogP contribution >= 0.6 is 15.9 Å². The lowest BCUT2D eigenvalue weighted by Gasteiger charge is -2.30. The van der Waals surface area contributed by atoms with Crippen LogP contribution < -0.4 is 5.32 Å². The van der Waals surface area contributed by atoms with Crippen molar-refractivity contribution in [2.24, 2.45) is 5.92 Å². The van der Waals surface area contributed by atoms with E-state index in [1.165, 1.54) is 59.8 Å². The number of halogens is 1. The molecule has 1 nitrogen and oxygen atoms in total. The van der Waals surface area contributed by atoms with Crippen LogP contribution in [0.2, 0.25) is 0 Å². The fraction of sp³-hybridized carbons (Fsp3) is 0.647. The van der Waals surface area contributed by atoms with Crippen molar-refractivity contribution in [1.29, 1.82) is 0 Å². The predicted octanol–water partition coefficient (Wildman–Crippen LogP) is 5.84. The Labute approximate surface area is 126 Å². The zero-order valence-electron chi connectivity index (χ0n) is 12.4.